The number of aromatic amines is 1. The van der Waals surface area contributed by atoms with Crippen molar-refractivity contribution in [2.75, 3.05) is 11.4 Å². The molecular formula is C13H11N3O4. The zero-order valence-electron chi connectivity index (χ0n) is 10.3. The summed E-state index contributed by atoms with van der Waals surface area (Å²) < 4.78 is 0. The number of aromatic nitrogens is 1. The number of carboxylic acids is 1. The van der Waals surface area contributed by atoms with E-state index in [0.29, 0.717) is 16.6 Å². The van der Waals surface area contributed by atoms with E-state index in [0.717, 1.165) is 0 Å². The van der Waals surface area contributed by atoms with Gasteiger partial charge in [0.05, 0.1) is 5.56 Å². The number of hydrogen-bond donors (Lipinski definition) is 3. The predicted octanol–water partition coefficient (Wildman–Crippen LogP) is 1.31. The van der Waals surface area contributed by atoms with E-state index >= 15 is 0 Å². The Morgan fingerprint density at radius 1 is 1.30 bits per heavy atom. The van der Waals surface area contributed by atoms with Gasteiger partial charge in [0, 0.05) is 35.8 Å². The summed E-state index contributed by atoms with van der Waals surface area (Å²) in [5.74, 6) is -1.34. The van der Waals surface area contributed by atoms with Crippen molar-refractivity contribution < 1.29 is 19.5 Å². The molecule has 2 heterocycles. The molecule has 20 heavy (non-hydrogen) atoms. The number of carbonyl (C=O) groups is 3. The van der Waals surface area contributed by atoms with Gasteiger partial charge < -0.3 is 10.1 Å². The van der Waals surface area contributed by atoms with E-state index in [1.165, 1.54) is 11.1 Å². The lowest BCUT2D eigenvalue weighted by atomic mass is 10.1. The summed E-state index contributed by atoms with van der Waals surface area (Å²) in [7, 11) is 0. The molecule has 2 aromatic rings. The Morgan fingerprint density at radius 2 is 2.10 bits per heavy atom. The number of aromatic carboxylic acids is 1. The lowest BCUT2D eigenvalue weighted by Gasteiger charge is -2.26. The molecule has 3 rings (SSSR count). The number of hydrogen-bond acceptors (Lipinski definition) is 3. The van der Waals surface area contributed by atoms with Gasteiger partial charge in [-0.15, -0.1) is 0 Å². The van der Waals surface area contributed by atoms with Gasteiger partial charge in [-0.25, -0.2) is 9.59 Å². The molecule has 0 unspecified atom stereocenters. The molecule has 1 aliphatic rings. The van der Waals surface area contributed by atoms with Gasteiger partial charge >= 0.3 is 12.0 Å². The number of anilines is 1. The molecule has 1 fully saturated rings. The highest BCUT2D eigenvalue weighted by Crippen LogP contribution is 2.25. The molecule has 0 atom stereocenters. The maximum absolute atomic E-state index is 11.8. The van der Waals surface area contributed by atoms with Gasteiger partial charge in [0.15, 0.2) is 0 Å². The Bertz CT molecular complexity index is 734. The van der Waals surface area contributed by atoms with E-state index in [1.807, 2.05) is 0 Å². The molecule has 0 bridgehead atoms. The number of benzene rings is 1. The van der Waals surface area contributed by atoms with Crippen LogP contribution in [-0.2, 0) is 4.79 Å². The van der Waals surface area contributed by atoms with Crippen LogP contribution in [0.15, 0.2) is 24.4 Å². The first-order valence-electron chi connectivity index (χ1n) is 6.02. The summed E-state index contributed by atoms with van der Waals surface area (Å²) in [6.07, 6.45) is 1.64. The molecule has 7 heteroatoms. The number of nitrogens with zero attached hydrogens (tertiary/aromatic N) is 1. The number of carboxylic acid groups (broad SMARTS) is 1. The molecule has 0 saturated carbocycles. The van der Waals surface area contributed by atoms with Crippen molar-refractivity contribution in [1.82, 2.24) is 10.3 Å². The van der Waals surface area contributed by atoms with Crippen LogP contribution in [0.5, 0.6) is 0 Å². The third-order valence-corrected chi connectivity index (χ3v) is 3.26. The third kappa shape index (κ3) is 1.89. The average Bonchev–Trinajstić information content (AvgIpc) is 2.81. The fourth-order valence-electron chi connectivity index (χ4n) is 2.26. The Kier molecular flexibility index (Phi) is 2.67. The Labute approximate surface area is 113 Å². The molecule has 102 valence electrons. The maximum Gasteiger partial charge on any atom is 0.337 e. The van der Waals surface area contributed by atoms with Crippen molar-refractivity contribution >= 4 is 34.5 Å². The number of nitrogens with one attached hydrogen (secondary N) is 2. The monoisotopic (exact) mass is 273 g/mol. The molecule has 3 N–H and O–H groups in total. The van der Waals surface area contributed by atoms with Crippen LogP contribution in [0.1, 0.15) is 16.8 Å². The van der Waals surface area contributed by atoms with Gasteiger partial charge in [0.2, 0.25) is 5.91 Å². The van der Waals surface area contributed by atoms with Crippen molar-refractivity contribution in [3.63, 3.8) is 0 Å². The normalized spacial score (nSPS) is 15.5. The summed E-state index contributed by atoms with van der Waals surface area (Å²) >= 11 is 0. The van der Waals surface area contributed by atoms with Crippen LogP contribution in [0.2, 0.25) is 0 Å². The maximum atomic E-state index is 11.8. The van der Waals surface area contributed by atoms with E-state index < -0.39 is 12.0 Å². The Morgan fingerprint density at radius 3 is 2.80 bits per heavy atom. The number of imide groups is 1. The zero-order chi connectivity index (χ0) is 14.3. The predicted molar refractivity (Wildman–Crippen MR) is 70.8 cm³/mol. The lowest BCUT2D eigenvalue weighted by molar-refractivity contribution is -0.120. The largest absolute Gasteiger partial charge is 0.478 e. The fourth-order valence-corrected chi connectivity index (χ4v) is 2.26. The Hall–Kier alpha value is -2.83. The van der Waals surface area contributed by atoms with Gasteiger partial charge in [-0.3, -0.25) is 15.0 Å². The first-order chi connectivity index (χ1) is 9.56. The summed E-state index contributed by atoms with van der Waals surface area (Å²) in [5, 5.41) is 11.9. The fraction of sp³-hybridized carbons (Fsp3) is 0.154. The highest BCUT2D eigenvalue weighted by molar-refractivity contribution is 6.08. The van der Waals surface area contributed by atoms with Crippen LogP contribution in [0.3, 0.4) is 0 Å². The van der Waals surface area contributed by atoms with Gasteiger partial charge in [0.25, 0.3) is 0 Å². The minimum Gasteiger partial charge on any atom is -0.478 e. The second kappa shape index (κ2) is 4.37. The van der Waals surface area contributed by atoms with Crippen LogP contribution in [-0.4, -0.2) is 34.5 Å². The van der Waals surface area contributed by atoms with Crippen LogP contribution >= 0.6 is 0 Å². The topological polar surface area (TPSA) is 102 Å². The number of H-pyrrole nitrogens is 1. The lowest BCUT2D eigenvalue weighted by Crippen LogP contribution is -2.49. The third-order valence-electron chi connectivity index (χ3n) is 3.26. The van der Waals surface area contributed by atoms with Crippen LogP contribution < -0.4 is 10.2 Å². The Balaban J connectivity index is 2.04. The highest BCUT2D eigenvalue weighted by atomic mass is 16.4. The molecule has 1 aliphatic heterocycles. The minimum absolute atomic E-state index is 0.148. The second-order valence-electron chi connectivity index (χ2n) is 4.49. The molecule has 0 radical (unpaired) electrons. The molecule has 1 aromatic heterocycles. The number of carbonyl (C=O) groups excluding carboxylic acids is 2. The summed E-state index contributed by atoms with van der Waals surface area (Å²) in [5.41, 5.74) is 1.39. The number of urea groups is 1. The summed E-state index contributed by atoms with van der Waals surface area (Å²) in [6, 6.07) is 4.55. The number of fused-ring (bicyclic) bond motifs is 1. The highest BCUT2D eigenvalue weighted by Gasteiger charge is 2.24. The van der Waals surface area contributed by atoms with E-state index in [-0.39, 0.29) is 24.4 Å². The molecule has 7 nitrogen and oxygen atoms in total. The smallest absolute Gasteiger partial charge is 0.337 e. The minimum atomic E-state index is -1.04. The van der Waals surface area contributed by atoms with Gasteiger partial charge in [-0.2, -0.15) is 0 Å². The summed E-state index contributed by atoms with van der Waals surface area (Å²) in [6.45, 7) is 0.281. The first-order valence-corrected chi connectivity index (χ1v) is 6.02. The van der Waals surface area contributed by atoms with Crippen LogP contribution in [0, 0.1) is 0 Å². The molecule has 0 spiro atoms. The van der Waals surface area contributed by atoms with Crippen molar-refractivity contribution in [2.24, 2.45) is 0 Å². The van der Waals surface area contributed by atoms with Crippen molar-refractivity contribution in [3.05, 3.63) is 30.0 Å². The molecule has 1 aromatic carbocycles. The molecule has 3 amide bonds. The van der Waals surface area contributed by atoms with Crippen molar-refractivity contribution in [2.45, 2.75) is 6.42 Å². The standard InChI is InChI=1S/C13H11N3O4/c17-11-3-4-16(13(20)15-11)7-1-2-10-8(5-7)9(6-14-10)12(18)19/h1-2,5-6,14H,3-4H2,(H,18,19)(H,15,17,20). The first kappa shape index (κ1) is 12.2. The number of amides is 3. The van der Waals surface area contributed by atoms with Gasteiger partial charge in [-0.05, 0) is 18.2 Å². The number of rotatable bonds is 2. The van der Waals surface area contributed by atoms with Crippen LogP contribution in [0.25, 0.3) is 10.9 Å². The molecule has 0 aliphatic carbocycles. The average molecular weight is 273 g/mol. The second-order valence-corrected chi connectivity index (χ2v) is 4.49. The zero-order valence-corrected chi connectivity index (χ0v) is 10.3. The SMILES string of the molecule is O=C1CCN(c2ccc3[nH]cc(C(=O)O)c3c2)C(=O)N1. The molecular weight excluding hydrogens is 262 g/mol. The quantitative estimate of drug-likeness (QED) is 0.767. The van der Waals surface area contributed by atoms with Crippen LogP contribution in [0.4, 0.5) is 10.5 Å². The van der Waals surface area contributed by atoms with Gasteiger partial charge in [0.1, 0.15) is 0 Å². The van der Waals surface area contributed by atoms with Gasteiger partial charge in [-0.1, -0.05) is 0 Å². The van der Waals surface area contributed by atoms with E-state index in [2.05, 4.69) is 10.3 Å². The molecule has 1 saturated heterocycles. The summed E-state index contributed by atoms with van der Waals surface area (Å²) in [4.78, 5) is 38.3. The van der Waals surface area contributed by atoms with E-state index in [1.54, 1.807) is 18.2 Å². The van der Waals surface area contributed by atoms with E-state index in [9.17, 15) is 14.4 Å². The van der Waals surface area contributed by atoms with E-state index in [4.69, 9.17) is 5.11 Å². The van der Waals surface area contributed by atoms with Crippen molar-refractivity contribution in [1.29, 1.82) is 0 Å². The van der Waals surface area contributed by atoms with Crippen molar-refractivity contribution in [3.8, 4) is 0 Å².